The number of anilines is 1. The summed E-state index contributed by atoms with van der Waals surface area (Å²) in [6, 6.07) is 24.8. The zero-order chi connectivity index (χ0) is 26.9. The maximum Gasteiger partial charge on any atom is 0.255 e. The minimum atomic E-state index is -0.147. The number of hydrogen-bond acceptors (Lipinski definition) is 4. The van der Waals surface area contributed by atoms with E-state index < -0.39 is 0 Å². The van der Waals surface area contributed by atoms with Crippen LogP contribution in [0.2, 0.25) is 0 Å². The van der Waals surface area contributed by atoms with Gasteiger partial charge in [-0.15, -0.1) is 0 Å². The molecule has 5 heteroatoms. The zero-order valence-corrected chi connectivity index (χ0v) is 23.2. The molecule has 2 aliphatic carbocycles. The first-order chi connectivity index (χ1) is 19.2. The Hall–Kier alpha value is -3.31. The lowest BCUT2D eigenvalue weighted by molar-refractivity contribution is 0.0656. The molecule has 3 aromatic rings. The smallest absolute Gasteiger partial charge is 0.255 e. The SMILES string of the molecule is COc1ccc(NC(=O)c2ccc(-c3ccccc3)cc2)cc1OCCN(C1CCCCC1)C1CCCCC1. The Morgan fingerprint density at radius 1 is 0.769 bits per heavy atom. The van der Waals surface area contributed by atoms with Crippen LogP contribution >= 0.6 is 0 Å². The molecular weight excluding hydrogens is 484 g/mol. The molecule has 0 bridgehead atoms. The van der Waals surface area contributed by atoms with Crippen LogP contribution in [0.1, 0.15) is 74.6 Å². The predicted molar refractivity (Wildman–Crippen MR) is 159 cm³/mol. The Balaban J connectivity index is 1.22. The first-order valence-corrected chi connectivity index (χ1v) is 14.7. The van der Waals surface area contributed by atoms with Crippen LogP contribution in [0.4, 0.5) is 5.69 Å². The van der Waals surface area contributed by atoms with Gasteiger partial charge in [-0.25, -0.2) is 0 Å². The van der Waals surface area contributed by atoms with Crippen LogP contribution < -0.4 is 14.8 Å². The van der Waals surface area contributed by atoms with Gasteiger partial charge in [0.1, 0.15) is 6.61 Å². The van der Waals surface area contributed by atoms with E-state index in [0.29, 0.717) is 41.4 Å². The monoisotopic (exact) mass is 526 g/mol. The minimum Gasteiger partial charge on any atom is -0.493 e. The second kappa shape index (κ2) is 13.7. The molecule has 39 heavy (non-hydrogen) atoms. The third-order valence-corrected chi connectivity index (χ3v) is 8.37. The fourth-order valence-electron chi connectivity index (χ4n) is 6.26. The molecule has 0 unspecified atom stereocenters. The van der Waals surface area contributed by atoms with Crippen molar-refractivity contribution in [1.29, 1.82) is 0 Å². The van der Waals surface area contributed by atoms with E-state index in [2.05, 4.69) is 22.3 Å². The number of nitrogens with one attached hydrogen (secondary N) is 1. The van der Waals surface area contributed by atoms with E-state index in [1.54, 1.807) is 7.11 Å². The van der Waals surface area contributed by atoms with Crippen LogP contribution in [0.5, 0.6) is 11.5 Å². The van der Waals surface area contributed by atoms with Crippen molar-refractivity contribution in [3.8, 4) is 22.6 Å². The molecule has 0 spiro atoms. The first kappa shape index (κ1) is 27.3. The second-order valence-electron chi connectivity index (χ2n) is 10.9. The summed E-state index contributed by atoms with van der Waals surface area (Å²) in [5, 5.41) is 3.03. The summed E-state index contributed by atoms with van der Waals surface area (Å²) in [5.41, 5.74) is 3.53. The van der Waals surface area contributed by atoms with Gasteiger partial charge in [-0.1, -0.05) is 81.0 Å². The highest BCUT2D eigenvalue weighted by Gasteiger charge is 2.28. The van der Waals surface area contributed by atoms with Crippen LogP contribution in [0.25, 0.3) is 11.1 Å². The van der Waals surface area contributed by atoms with Crippen LogP contribution in [-0.4, -0.2) is 43.2 Å². The van der Waals surface area contributed by atoms with Crippen molar-refractivity contribution in [2.45, 2.75) is 76.3 Å². The topological polar surface area (TPSA) is 50.8 Å². The molecule has 0 radical (unpaired) electrons. The Kier molecular flexibility index (Phi) is 9.55. The van der Waals surface area contributed by atoms with E-state index in [1.165, 1.54) is 64.2 Å². The molecule has 2 fully saturated rings. The third-order valence-electron chi connectivity index (χ3n) is 8.37. The summed E-state index contributed by atoms with van der Waals surface area (Å²) in [6.45, 7) is 1.55. The van der Waals surface area contributed by atoms with E-state index in [1.807, 2.05) is 60.7 Å². The average molecular weight is 527 g/mol. The highest BCUT2D eigenvalue weighted by Crippen LogP contribution is 2.32. The Labute approximate surface area is 233 Å². The van der Waals surface area contributed by atoms with Crippen LogP contribution in [0.3, 0.4) is 0 Å². The molecule has 5 nitrogen and oxygen atoms in total. The quantitative estimate of drug-likeness (QED) is 0.291. The predicted octanol–water partition coefficient (Wildman–Crippen LogP) is 7.96. The molecular formula is C34H42N2O3. The van der Waals surface area contributed by atoms with Gasteiger partial charge in [-0.05, 0) is 61.1 Å². The highest BCUT2D eigenvalue weighted by molar-refractivity contribution is 6.04. The number of ether oxygens (including phenoxy) is 2. The maximum atomic E-state index is 13.0. The Bertz CT molecular complexity index is 1160. The van der Waals surface area contributed by atoms with Crippen LogP contribution in [0.15, 0.2) is 72.8 Å². The number of nitrogens with zero attached hydrogens (tertiary/aromatic N) is 1. The highest BCUT2D eigenvalue weighted by atomic mass is 16.5. The lowest BCUT2D eigenvalue weighted by atomic mass is 9.88. The van der Waals surface area contributed by atoms with Gasteiger partial charge in [0, 0.05) is 35.9 Å². The van der Waals surface area contributed by atoms with E-state index in [-0.39, 0.29) is 5.91 Å². The van der Waals surface area contributed by atoms with Gasteiger partial charge in [-0.3, -0.25) is 9.69 Å². The molecule has 2 aliphatic rings. The fraction of sp³-hybridized carbons (Fsp3) is 0.441. The number of hydrogen-bond donors (Lipinski definition) is 1. The van der Waals surface area contributed by atoms with E-state index in [0.717, 1.165) is 17.7 Å². The molecule has 0 aliphatic heterocycles. The molecule has 5 rings (SSSR count). The van der Waals surface area contributed by atoms with Crippen LogP contribution in [-0.2, 0) is 0 Å². The molecule has 206 valence electrons. The standard InChI is InChI=1S/C34H42N2O3/c1-38-32-22-21-29(35-34(37)28-19-17-27(18-20-28)26-11-5-2-6-12-26)25-33(32)39-24-23-36(30-13-7-3-8-14-30)31-15-9-4-10-16-31/h2,5-6,11-12,17-22,25,30-31H,3-4,7-10,13-16,23-24H2,1H3,(H,35,37). The molecule has 0 saturated heterocycles. The summed E-state index contributed by atoms with van der Waals surface area (Å²) < 4.78 is 11.9. The van der Waals surface area contributed by atoms with Gasteiger partial charge >= 0.3 is 0 Å². The van der Waals surface area contributed by atoms with Crippen molar-refractivity contribution in [3.63, 3.8) is 0 Å². The normalized spacial score (nSPS) is 16.7. The molecule has 2 saturated carbocycles. The van der Waals surface area contributed by atoms with E-state index in [4.69, 9.17) is 9.47 Å². The number of rotatable bonds is 10. The summed E-state index contributed by atoms with van der Waals surface area (Å²) in [4.78, 5) is 15.8. The summed E-state index contributed by atoms with van der Waals surface area (Å²) in [5.74, 6) is 1.20. The molecule has 1 N–H and O–H groups in total. The van der Waals surface area contributed by atoms with Gasteiger partial charge in [0.2, 0.25) is 0 Å². The number of carbonyl (C=O) groups is 1. The molecule has 0 atom stereocenters. The second-order valence-corrected chi connectivity index (χ2v) is 10.9. The number of amides is 1. The van der Waals surface area contributed by atoms with Crippen molar-refractivity contribution < 1.29 is 14.3 Å². The number of methoxy groups -OCH3 is 1. The average Bonchev–Trinajstić information content (AvgIpc) is 3.01. The van der Waals surface area contributed by atoms with Gasteiger partial charge in [0.15, 0.2) is 11.5 Å². The lowest BCUT2D eigenvalue weighted by Gasteiger charge is -2.41. The van der Waals surface area contributed by atoms with Crippen molar-refractivity contribution in [1.82, 2.24) is 4.90 Å². The molecule has 1 amide bonds. The van der Waals surface area contributed by atoms with Gasteiger partial charge < -0.3 is 14.8 Å². The maximum absolute atomic E-state index is 13.0. The van der Waals surface area contributed by atoms with Crippen molar-refractivity contribution in [2.75, 3.05) is 25.6 Å². The number of carbonyl (C=O) groups excluding carboxylic acids is 1. The van der Waals surface area contributed by atoms with E-state index in [9.17, 15) is 4.79 Å². The van der Waals surface area contributed by atoms with Crippen LogP contribution in [0, 0.1) is 0 Å². The largest absolute Gasteiger partial charge is 0.493 e. The zero-order valence-electron chi connectivity index (χ0n) is 23.2. The third kappa shape index (κ3) is 7.21. The van der Waals surface area contributed by atoms with Crippen molar-refractivity contribution in [3.05, 3.63) is 78.4 Å². The fourth-order valence-corrected chi connectivity index (χ4v) is 6.26. The molecule has 3 aromatic carbocycles. The number of benzene rings is 3. The Morgan fingerprint density at radius 3 is 2.00 bits per heavy atom. The van der Waals surface area contributed by atoms with Crippen molar-refractivity contribution in [2.24, 2.45) is 0 Å². The Morgan fingerprint density at radius 2 is 1.38 bits per heavy atom. The van der Waals surface area contributed by atoms with Gasteiger partial charge in [-0.2, -0.15) is 0 Å². The van der Waals surface area contributed by atoms with E-state index >= 15 is 0 Å². The summed E-state index contributed by atoms with van der Waals surface area (Å²) >= 11 is 0. The van der Waals surface area contributed by atoms with Gasteiger partial charge in [0.25, 0.3) is 5.91 Å². The summed E-state index contributed by atoms with van der Waals surface area (Å²) in [7, 11) is 1.66. The summed E-state index contributed by atoms with van der Waals surface area (Å²) in [6.07, 6.45) is 13.4. The first-order valence-electron chi connectivity index (χ1n) is 14.7. The lowest BCUT2D eigenvalue weighted by Crippen LogP contribution is -2.47. The minimum absolute atomic E-state index is 0.147. The molecule has 0 aromatic heterocycles. The van der Waals surface area contributed by atoms with Gasteiger partial charge in [0.05, 0.1) is 7.11 Å². The molecule has 0 heterocycles. The van der Waals surface area contributed by atoms with Crippen molar-refractivity contribution >= 4 is 11.6 Å².